The summed E-state index contributed by atoms with van der Waals surface area (Å²) in [4.78, 5) is 11.4. The third-order valence-corrected chi connectivity index (χ3v) is 2.16. The van der Waals surface area contributed by atoms with Crippen LogP contribution < -0.4 is 11.1 Å². The van der Waals surface area contributed by atoms with Crippen molar-refractivity contribution in [2.24, 2.45) is 11.7 Å². The summed E-state index contributed by atoms with van der Waals surface area (Å²) < 4.78 is 4.90. The Labute approximate surface area is 79.8 Å². The molecule has 4 nitrogen and oxygen atoms in total. The number of carbonyl (C=O) groups is 1. The topological polar surface area (TPSA) is 64.3 Å². The SMILES string of the molecule is COC(CN)C(=O)NC(C)C(C)C. The molecule has 0 aliphatic carbocycles. The van der Waals surface area contributed by atoms with E-state index >= 15 is 0 Å². The van der Waals surface area contributed by atoms with Crippen LogP contribution in [0.25, 0.3) is 0 Å². The molecule has 78 valence electrons. The highest BCUT2D eigenvalue weighted by atomic mass is 16.5. The van der Waals surface area contributed by atoms with Gasteiger partial charge in [0.2, 0.25) is 0 Å². The van der Waals surface area contributed by atoms with Crippen LogP contribution in [0.15, 0.2) is 0 Å². The fourth-order valence-corrected chi connectivity index (χ4v) is 0.794. The van der Waals surface area contributed by atoms with Gasteiger partial charge in [-0.2, -0.15) is 0 Å². The van der Waals surface area contributed by atoms with E-state index in [2.05, 4.69) is 19.2 Å². The van der Waals surface area contributed by atoms with Crippen LogP contribution >= 0.6 is 0 Å². The molecule has 0 aromatic carbocycles. The Kier molecular flexibility index (Phi) is 5.66. The van der Waals surface area contributed by atoms with Crippen LogP contribution in [0.5, 0.6) is 0 Å². The van der Waals surface area contributed by atoms with Crippen molar-refractivity contribution in [1.82, 2.24) is 5.32 Å². The second-order valence-corrected chi connectivity index (χ2v) is 3.50. The first-order valence-electron chi connectivity index (χ1n) is 4.56. The summed E-state index contributed by atoms with van der Waals surface area (Å²) in [5.74, 6) is 0.283. The van der Waals surface area contributed by atoms with E-state index in [4.69, 9.17) is 10.5 Å². The highest BCUT2D eigenvalue weighted by Gasteiger charge is 2.18. The molecule has 0 saturated carbocycles. The van der Waals surface area contributed by atoms with Gasteiger partial charge in [-0.05, 0) is 12.8 Å². The monoisotopic (exact) mass is 188 g/mol. The minimum atomic E-state index is -0.527. The van der Waals surface area contributed by atoms with E-state index in [9.17, 15) is 4.79 Å². The smallest absolute Gasteiger partial charge is 0.250 e. The van der Waals surface area contributed by atoms with Crippen molar-refractivity contribution in [2.45, 2.75) is 32.9 Å². The molecule has 0 saturated heterocycles. The van der Waals surface area contributed by atoms with E-state index in [-0.39, 0.29) is 18.5 Å². The van der Waals surface area contributed by atoms with Crippen LogP contribution in [-0.4, -0.2) is 31.7 Å². The third-order valence-electron chi connectivity index (χ3n) is 2.16. The van der Waals surface area contributed by atoms with Gasteiger partial charge < -0.3 is 15.8 Å². The molecule has 0 radical (unpaired) electrons. The molecule has 0 aliphatic heterocycles. The molecule has 0 bridgehead atoms. The number of ether oxygens (including phenoxy) is 1. The van der Waals surface area contributed by atoms with E-state index in [0.29, 0.717) is 5.92 Å². The fourth-order valence-electron chi connectivity index (χ4n) is 0.794. The average molecular weight is 188 g/mol. The Morgan fingerprint density at radius 2 is 2.00 bits per heavy atom. The second kappa shape index (κ2) is 5.94. The molecule has 3 N–H and O–H groups in total. The Morgan fingerprint density at radius 1 is 1.46 bits per heavy atom. The summed E-state index contributed by atoms with van der Waals surface area (Å²) in [6, 6.07) is 0.150. The first-order chi connectivity index (χ1) is 6.02. The molecule has 0 fully saturated rings. The molecule has 0 aromatic heterocycles. The van der Waals surface area contributed by atoms with Crippen molar-refractivity contribution in [3.63, 3.8) is 0 Å². The van der Waals surface area contributed by atoms with Crippen LogP contribution in [0, 0.1) is 5.92 Å². The zero-order chi connectivity index (χ0) is 10.4. The Balaban J connectivity index is 3.98. The fraction of sp³-hybridized carbons (Fsp3) is 0.889. The van der Waals surface area contributed by atoms with Gasteiger partial charge >= 0.3 is 0 Å². The highest BCUT2D eigenvalue weighted by molar-refractivity contribution is 5.81. The maximum atomic E-state index is 11.4. The number of carbonyl (C=O) groups excluding carboxylic acids is 1. The van der Waals surface area contributed by atoms with Gasteiger partial charge in [0.15, 0.2) is 0 Å². The van der Waals surface area contributed by atoms with Crippen molar-refractivity contribution in [1.29, 1.82) is 0 Å². The van der Waals surface area contributed by atoms with Gasteiger partial charge in [0.1, 0.15) is 6.10 Å². The van der Waals surface area contributed by atoms with Crippen molar-refractivity contribution < 1.29 is 9.53 Å². The number of amides is 1. The largest absolute Gasteiger partial charge is 0.370 e. The summed E-state index contributed by atoms with van der Waals surface area (Å²) in [7, 11) is 1.48. The van der Waals surface area contributed by atoms with E-state index in [0.717, 1.165) is 0 Å². The summed E-state index contributed by atoms with van der Waals surface area (Å²) >= 11 is 0. The number of rotatable bonds is 5. The normalized spacial score (nSPS) is 15.5. The number of methoxy groups -OCH3 is 1. The zero-order valence-corrected chi connectivity index (χ0v) is 8.83. The first kappa shape index (κ1) is 12.4. The third kappa shape index (κ3) is 4.24. The molecule has 0 spiro atoms. The zero-order valence-electron chi connectivity index (χ0n) is 8.83. The van der Waals surface area contributed by atoms with Crippen LogP contribution in [-0.2, 0) is 9.53 Å². The van der Waals surface area contributed by atoms with Gasteiger partial charge in [-0.1, -0.05) is 13.8 Å². The van der Waals surface area contributed by atoms with Gasteiger partial charge in [-0.3, -0.25) is 4.79 Å². The van der Waals surface area contributed by atoms with Crippen molar-refractivity contribution in [2.75, 3.05) is 13.7 Å². The highest BCUT2D eigenvalue weighted by Crippen LogP contribution is 2.00. The van der Waals surface area contributed by atoms with Crippen LogP contribution in [0.4, 0.5) is 0 Å². The lowest BCUT2D eigenvalue weighted by molar-refractivity contribution is -0.131. The molecule has 0 rings (SSSR count). The molecule has 2 unspecified atom stereocenters. The van der Waals surface area contributed by atoms with E-state index in [1.807, 2.05) is 6.92 Å². The van der Waals surface area contributed by atoms with Gasteiger partial charge in [-0.15, -0.1) is 0 Å². The number of nitrogens with two attached hydrogens (primary N) is 1. The number of nitrogens with one attached hydrogen (secondary N) is 1. The molecule has 4 heteroatoms. The van der Waals surface area contributed by atoms with Gasteiger partial charge in [-0.25, -0.2) is 0 Å². The lowest BCUT2D eigenvalue weighted by Crippen LogP contribution is -2.45. The maximum Gasteiger partial charge on any atom is 0.250 e. The van der Waals surface area contributed by atoms with Gasteiger partial charge in [0.05, 0.1) is 0 Å². The Morgan fingerprint density at radius 3 is 2.31 bits per heavy atom. The molecule has 0 heterocycles. The first-order valence-corrected chi connectivity index (χ1v) is 4.56. The molecule has 0 aliphatic rings. The van der Waals surface area contributed by atoms with Gasteiger partial charge in [0.25, 0.3) is 5.91 Å². The van der Waals surface area contributed by atoms with E-state index in [1.165, 1.54) is 7.11 Å². The molecule has 2 atom stereocenters. The quantitative estimate of drug-likeness (QED) is 0.644. The van der Waals surface area contributed by atoms with Crippen molar-refractivity contribution >= 4 is 5.91 Å². The molecule has 0 aromatic rings. The maximum absolute atomic E-state index is 11.4. The standard InChI is InChI=1S/C9H20N2O2/c1-6(2)7(3)11-9(12)8(5-10)13-4/h6-8H,5,10H2,1-4H3,(H,11,12). The lowest BCUT2D eigenvalue weighted by Gasteiger charge is -2.20. The minimum Gasteiger partial charge on any atom is -0.370 e. The molecule has 13 heavy (non-hydrogen) atoms. The van der Waals surface area contributed by atoms with Crippen LogP contribution in [0.1, 0.15) is 20.8 Å². The summed E-state index contributed by atoms with van der Waals surface area (Å²) in [5, 5.41) is 2.84. The van der Waals surface area contributed by atoms with Crippen LogP contribution in [0.2, 0.25) is 0 Å². The van der Waals surface area contributed by atoms with Crippen molar-refractivity contribution in [3.8, 4) is 0 Å². The van der Waals surface area contributed by atoms with Crippen LogP contribution in [0.3, 0.4) is 0 Å². The summed E-state index contributed by atoms with van der Waals surface area (Å²) in [5.41, 5.74) is 5.35. The predicted molar refractivity (Wildman–Crippen MR) is 52.3 cm³/mol. The lowest BCUT2D eigenvalue weighted by atomic mass is 10.1. The summed E-state index contributed by atoms with van der Waals surface area (Å²) in [6.07, 6.45) is -0.527. The Bertz CT molecular complexity index is 156. The minimum absolute atomic E-state index is 0.133. The summed E-state index contributed by atoms with van der Waals surface area (Å²) in [6.45, 7) is 6.28. The van der Waals surface area contributed by atoms with Gasteiger partial charge in [0, 0.05) is 19.7 Å². The van der Waals surface area contributed by atoms with E-state index in [1.54, 1.807) is 0 Å². The molecular formula is C9H20N2O2. The second-order valence-electron chi connectivity index (χ2n) is 3.50. The Hall–Kier alpha value is -0.610. The molecular weight excluding hydrogens is 168 g/mol. The molecule has 1 amide bonds. The predicted octanol–water partition coefficient (Wildman–Crippen LogP) is 0.121. The number of hydrogen-bond acceptors (Lipinski definition) is 3. The average Bonchev–Trinajstić information content (AvgIpc) is 2.06. The number of hydrogen-bond donors (Lipinski definition) is 2. The van der Waals surface area contributed by atoms with E-state index < -0.39 is 6.10 Å². The van der Waals surface area contributed by atoms with Crippen molar-refractivity contribution in [3.05, 3.63) is 0 Å².